The lowest BCUT2D eigenvalue weighted by Crippen LogP contribution is -2.18. The van der Waals surface area contributed by atoms with Gasteiger partial charge in [0.1, 0.15) is 17.2 Å². The van der Waals surface area contributed by atoms with Crippen molar-refractivity contribution < 1.29 is 33.0 Å². The molecular weight excluding hydrogens is 468 g/mol. The fraction of sp³-hybridized carbons (Fsp3) is 0.115. The number of anilines is 1. The number of fused-ring (bicyclic) bond motifs is 1. The summed E-state index contributed by atoms with van der Waals surface area (Å²) in [7, 11) is 4.42. The van der Waals surface area contributed by atoms with Crippen molar-refractivity contribution in [3.8, 4) is 34.1 Å². The van der Waals surface area contributed by atoms with Crippen LogP contribution in [0.2, 0.25) is 0 Å². The van der Waals surface area contributed by atoms with E-state index in [1.54, 1.807) is 25.3 Å². The molecule has 0 unspecified atom stereocenters. The van der Waals surface area contributed by atoms with Gasteiger partial charge in [0.25, 0.3) is 5.91 Å². The van der Waals surface area contributed by atoms with Crippen LogP contribution in [-0.2, 0) is 0 Å². The molecule has 0 aliphatic carbocycles. The Balaban J connectivity index is 1.69. The van der Waals surface area contributed by atoms with Crippen molar-refractivity contribution in [1.82, 2.24) is 0 Å². The first-order chi connectivity index (χ1) is 17.3. The molecule has 3 aromatic carbocycles. The van der Waals surface area contributed by atoms with E-state index in [0.717, 1.165) is 5.56 Å². The number of amides is 2. The molecule has 0 aliphatic rings. The predicted molar refractivity (Wildman–Crippen MR) is 132 cm³/mol. The van der Waals surface area contributed by atoms with Crippen LogP contribution in [0.15, 0.2) is 69.9 Å². The highest BCUT2D eigenvalue weighted by atomic mass is 16.6. The third-order valence-electron chi connectivity index (χ3n) is 5.33. The number of carbonyl (C=O) groups excluding carboxylic acids is 2. The number of nitrogens with one attached hydrogen (secondary N) is 1. The Labute approximate surface area is 205 Å². The maximum Gasteiger partial charge on any atom is 0.410 e. The van der Waals surface area contributed by atoms with E-state index in [-0.39, 0.29) is 28.3 Å². The van der Waals surface area contributed by atoms with Gasteiger partial charge in [-0.05, 0) is 54.1 Å². The molecule has 0 spiro atoms. The molecule has 1 heterocycles. The zero-order chi connectivity index (χ0) is 25.8. The highest BCUT2D eigenvalue weighted by Gasteiger charge is 2.18. The van der Waals surface area contributed by atoms with Crippen LogP contribution in [0.3, 0.4) is 0 Å². The van der Waals surface area contributed by atoms with Crippen molar-refractivity contribution >= 4 is 28.7 Å². The van der Waals surface area contributed by atoms with Crippen LogP contribution in [0.1, 0.15) is 10.4 Å². The first-order valence-electron chi connectivity index (χ1n) is 10.6. The van der Waals surface area contributed by atoms with Crippen molar-refractivity contribution in [3.63, 3.8) is 0 Å². The highest BCUT2D eigenvalue weighted by molar-refractivity contribution is 6.06. The number of methoxy groups -OCH3 is 3. The first kappa shape index (κ1) is 24.1. The van der Waals surface area contributed by atoms with Gasteiger partial charge in [-0.2, -0.15) is 0 Å². The summed E-state index contributed by atoms with van der Waals surface area (Å²) in [6, 6.07) is 16.6. The summed E-state index contributed by atoms with van der Waals surface area (Å²) < 4.78 is 26.2. The van der Waals surface area contributed by atoms with E-state index in [2.05, 4.69) is 5.32 Å². The van der Waals surface area contributed by atoms with Gasteiger partial charge >= 0.3 is 11.7 Å². The molecule has 4 rings (SSSR count). The lowest BCUT2D eigenvalue weighted by atomic mass is 10.0. The average molecular weight is 490 g/mol. The maximum absolute atomic E-state index is 13.1. The monoisotopic (exact) mass is 490 g/mol. The molecule has 0 fully saturated rings. The molecule has 0 aliphatic heterocycles. The summed E-state index contributed by atoms with van der Waals surface area (Å²) in [6.45, 7) is 0. The number of nitrogens with two attached hydrogens (primary N) is 1. The Kier molecular flexibility index (Phi) is 6.77. The number of rotatable bonds is 7. The van der Waals surface area contributed by atoms with Crippen molar-refractivity contribution in [2.24, 2.45) is 5.73 Å². The zero-order valence-corrected chi connectivity index (χ0v) is 19.6. The van der Waals surface area contributed by atoms with Crippen LogP contribution in [0.5, 0.6) is 23.0 Å². The van der Waals surface area contributed by atoms with Gasteiger partial charge in [-0.15, -0.1) is 0 Å². The smallest absolute Gasteiger partial charge is 0.410 e. The molecule has 36 heavy (non-hydrogen) atoms. The topological polar surface area (TPSA) is 139 Å². The summed E-state index contributed by atoms with van der Waals surface area (Å²) >= 11 is 0. The molecule has 3 N–H and O–H groups in total. The highest BCUT2D eigenvalue weighted by Crippen LogP contribution is 2.36. The van der Waals surface area contributed by atoms with E-state index < -0.39 is 17.6 Å². The van der Waals surface area contributed by atoms with Crippen LogP contribution in [0, 0.1) is 0 Å². The Morgan fingerprint density at radius 2 is 1.67 bits per heavy atom. The lowest BCUT2D eigenvalue weighted by Gasteiger charge is -2.13. The molecule has 0 atom stereocenters. The minimum absolute atomic E-state index is 0.0132. The molecule has 10 heteroatoms. The van der Waals surface area contributed by atoms with Crippen molar-refractivity contribution in [1.29, 1.82) is 0 Å². The first-order valence-corrected chi connectivity index (χ1v) is 10.6. The molecule has 4 aromatic rings. The Morgan fingerprint density at radius 1 is 0.889 bits per heavy atom. The Morgan fingerprint density at radius 3 is 2.36 bits per heavy atom. The second-order valence-corrected chi connectivity index (χ2v) is 7.49. The summed E-state index contributed by atoms with van der Waals surface area (Å²) in [5.41, 5.74) is 5.92. The van der Waals surface area contributed by atoms with Crippen LogP contribution in [0.4, 0.5) is 10.5 Å². The SMILES string of the molecule is COc1cccc(-c2cc(C(=O)Nc3cc4ccc(OC(N)=O)c(OC)c4oc3=O)ccc2OC)c1. The fourth-order valence-corrected chi connectivity index (χ4v) is 3.67. The maximum atomic E-state index is 13.1. The van der Waals surface area contributed by atoms with Crippen molar-refractivity contribution in [2.75, 3.05) is 26.6 Å². The van der Waals surface area contributed by atoms with Gasteiger partial charge in [0.15, 0.2) is 11.3 Å². The minimum atomic E-state index is -1.05. The molecule has 0 saturated heterocycles. The largest absolute Gasteiger partial charge is 0.497 e. The van der Waals surface area contributed by atoms with Crippen molar-refractivity contribution in [3.05, 3.63) is 76.6 Å². The van der Waals surface area contributed by atoms with Gasteiger partial charge in [0.2, 0.25) is 5.75 Å². The molecule has 10 nitrogen and oxygen atoms in total. The molecule has 0 radical (unpaired) electrons. The summed E-state index contributed by atoms with van der Waals surface area (Å²) in [6.07, 6.45) is -1.05. The molecule has 1 aromatic heterocycles. The standard InChI is InChI=1S/C26H22N2O8/c1-32-17-6-4-5-14(11-17)18-12-16(8-9-20(18)33-2)24(29)28-19-13-15-7-10-21(35-26(27)31)23(34-3)22(15)36-25(19)30/h4-13H,1-3H3,(H2,27,31)(H,28,29). The molecule has 2 amide bonds. The second kappa shape index (κ2) is 10.1. The quantitative estimate of drug-likeness (QED) is 0.368. The van der Waals surface area contributed by atoms with E-state index in [0.29, 0.717) is 22.4 Å². The van der Waals surface area contributed by atoms with E-state index in [1.165, 1.54) is 32.4 Å². The van der Waals surface area contributed by atoms with E-state index in [1.807, 2.05) is 24.3 Å². The number of hydrogen-bond acceptors (Lipinski definition) is 8. The van der Waals surface area contributed by atoms with E-state index >= 15 is 0 Å². The normalized spacial score (nSPS) is 10.5. The van der Waals surface area contributed by atoms with Gasteiger partial charge in [0.05, 0.1) is 21.3 Å². The van der Waals surface area contributed by atoms with E-state index in [4.69, 9.17) is 29.1 Å². The minimum Gasteiger partial charge on any atom is -0.497 e. The second-order valence-electron chi connectivity index (χ2n) is 7.49. The number of ether oxygens (including phenoxy) is 4. The Hall–Kier alpha value is -4.99. The third-order valence-corrected chi connectivity index (χ3v) is 5.33. The molecular formula is C26H22N2O8. The van der Waals surface area contributed by atoms with Crippen LogP contribution < -0.4 is 35.6 Å². The van der Waals surface area contributed by atoms with Crippen LogP contribution >= 0.6 is 0 Å². The van der Waals surface area contributed by atoms with Gasteiger partial charge < -0.3 is 34.4 Å². The van der Waals surface area contributed by atoms with Crippen molar-refractivity contribution in [2.45, 2.75) is 0 Å². The van der Waals surface area contributed by atoms with Crippen LogP contribution in [-0.4, -0.2) is 33.3 Å². The molecule has 0 saturated carbocycles. The fourth-order valence-electron chi connectivity index (χ4n) is 3.67. The van der Waals surface area contributed by atoms with E-state index in [9.17, 15) is 14.4 Å². The number of primary amides is 1. The van der Waals surface area contributed by atoms with Gasteiger partial charge in [0, 0.05) is 16.5 Å². The van der Waals surface area contributed by atoms with Gasteiger partial charge in [-0.25, -0.2) is 9.59 Å². The molecule has 184 valence electrons. The Bertz CT molecular complexity index is 1530. The zero-order valence-electron chi connectivity index (χ0n) is 19.6. The molecule has 0 bridgehead atoms. The average Bonchev–Trinajstić information content (AvgIpc) is 2.88. The van der Waals surface area contributed by atoms with Gasteiger partial charge in [-0.1, -0.05) is 12.1 Å². The lowest BCUT2D eigenvalue weighted by molar-refractivity contribution is 0.102. The number of benzene rings is 3. The predicted octanol–water partition coefficient (Wildman–Crippen LogP) is 4.20. The number of hydrogen-bond donors (Lipinski definition) is 2. The summed E-state index contributed by atoms with van der Waals surface area (Å²) in [5, 5.41) is 3.01. The third kappa shape index (κ3) is 4.78. The van der Waals surface area contributed by atoms with Crippen LogP contribution in [0.25, 0.3) is 22.1 Å². The van der Waals surface area contributed by atoms with Gasteiger partial charge in [-0.3, -0.25) is 4.79 Å². The summed E-state index contributed by atoms with van der Waals surface area (Å²) in [5.74, 6) is 0.679. The summed E-state index contributed by atoms with van der Waals surface area (Å²) in [4.78, 5) is 36.8. The number of carbonyl (C=O) groups is 2.